The first-order valence-corrected chi connectivity index (χ1v) is 7.91. The largest absolute Gasteiger partial charge is 0.391 e. The van der Waals surface area contributed by atoms with E-state index < -0.39 is 24.0 Å². The monoisotopic (exact) mass is 339 g/mol. The number of rotatable bonds is 6. The van der Waals surface area contributed by atoms with Crippen molar-refractivity contribution >= 4 is 40.6 Å². The molecule has 0 aliphatic carbocycles. The van der Waals surface area contributed by atoms with Crippen LogP contribution in [0.15, 0.2) is 11.5 Å². The number of aliphatic hydroxyl groups is 1. The summed E-state index contributed by atoms with van der Waals surface area (Å²) in [6.45, 7) is 1.10. The van der Waals surface area contributed by atoms with E-state index in [2.05, 4.69) is 30.6 Å². The van der Waals surface area contributed by atoms with Crippen molar-refractivity contribution in [1.29, 1.82) is 0 Å². The Morgan fingerprint density at radius 3 is 2.87 bits per heavy atom. The van der Waals surface area contributed by atoms with Gasteiger partial charge in [-0.15, -0.1) is 0 Å². The Kier molecular flexibility index (Phi) is 5.47. The maximum atomic E-state index is 11.9. The van der Waals surface area contributed by atoms with Crippen molar-refractivity contribution in [2.75, 3.05) is 18.1 Å². The van der Waals surface area contributed by atoms with Crippen LogP contribution in [0.2, 0.25) is 0 Å². The molecule has 2 heterocycles. The summed E-state index contributed by atoms with van der Waals surface area (Å²) in [5.74, 6) is -0.226. The number of thioether (sulfide) groups is 1. The maximum absolute atomic E-state index is 11.9. The number of nitrogens with two attached hydrogens (primary N) is 1. The van der Waals surface area contributed by atoms with E-state index in [0.29, 0.717) is 16.3 Å². The number of imidazole rings is 1. The highest BCUT2D eigenvalue weighted by atomic mass is 32.2. The molecule has 0 aliphatic heterocycles. The summed E-state index contributed by atoms with van der Waals surface area (Å²) in [5.41, 5.74) is 6.39. The lowest BCUT2D eigenvalue weighted by molar-refractivity contribution is -0.121. The molecule has 2 aromatic rings. The third-order valence-electron chi connectivity index (χ3n) is 2.99. The molecule has 6 N–H and O–H groups in total. The quantitative estimate of drug-likeness (QED) is 0.347. The van der Waals surface area contributed by atoms with Crippen LogP contribution in [0.25, 0.3) is 11.2 Å². The minimum atomic E-state index is -1.04. The summed E-state index contributed by atoms with van der Waals surface area (Å²) >= 11 is 1.31. The molecule has 0 bridgehead atoms. The van der Waals surface area contributed by atoms with Crippen LogP contribution in [0.3, 0.4) is 0 Å². The second-order valence-electron chi connectivity index (χ2n) is 4.70. The summed E-state index contributed by atoms with van der Waals surface area (Å²) in [5, 5.41) is 14.6. The van der Waals surface area contributed by atoms with Gasteiger partial charge in [-0.25, -0.2) is 19.7 Å². The number of H-pyrrole nitrogens is 1. The first kappa shape index (κ1) is 17.1. The molecule has 23 heavy (non-hydrogen) atoms. The van der Waals surface area contributed by atoms with Gasteiger partial charge in [0.05, 0.1) is 25.0 Å². The van der Waals surface area contributed by atoms with Crippen LogP contribution < -0.4 is 16.4 Å². The number of fused-ring (bicyclic) bond motifs is 1. The molecule has 2 amide bonds. The predicted octanol–water partition coefficient (Wildman–Crippen LogP) is -0.526. The van der Waals surface area contributed by atoms with Crippen LogP contribution in [0.1, 0.15) is 6.92 Å². The highest BCUT2D eigenvalue weighted by Gasteiger charge is 2.19. The molecule has 0 saturated heterocycles. The average Bonchev–Trinajstić information content (AvgIpc) is 3.00. The summed E-state index contributed by atoms with van der Waals surface area (Å²) in [4.78, 5) is 38.8. The van der Waals surface area contributed by atoms with E-state index in [9.17, 15) is 14.7 Å². The number of nitrogens with zero attached hydrogens (tertiary/aromatic N) is 3. The third kappa shape index (κ3) is 4.15. The Balaban J connectivity index is 2.03. The van der Waals surface area contributed by atoms with Gasteiger partial charge in [-0.3, -0.25) is 10.1 Å². The number of hydrogen-bond donors (Lipinski definition) is 5. The first-order valence-electron chi connectivity index (χ1n) is 6.68. The Labute approximate surface area is 135 Å². The van der Waals surface area contributed by atoms with Gasteiger partial charge in [0.2, 0.25) is 0 Å². The number of Topliss-reactive ketones (excluding diaryl/α,β-unsaturated/α-hetero) is 1. The zero-order valence-corrected chi connectivity index (χ0v) is 13.3. The smallest absolute Gasteiger partial charge is 0.320 e. The Bertz CT molecular complexity index is 718. The van der Waals surface area contributed by atoms with Crippen LogP contribution in [0.5, 0.6) is 0 Å². The van der Waals surface area contributed by atoms with Crippen LogP contribution in [0.4, 0.5) is 10.6 Å². The first-order chi connectivity index (χ1) is 10.9. The number of aromatic nitrogens is 4. The number of aromatic amines is 1. The fourth-order valence-corrected chi connectivity index (χ4v) is 2.06. The van der Waals surface area contributed by atoms with Crippen molar-refractivity contribution in [3.63, 3.8) is 0 Å². The van der Waals surface area contributed by atoms with E-state index in [0.717, 1.165) is 0 Å². The highest BCUT2D eigenvalue weighted by molar-refractivity contribution is 7.98. The molecular weight excluding hydrogens is 322 g/mol. The van der Waals surface area contributed by atoms with Gasteiger partial charge in [0.15, 0.2) is 22.4 Å². The van der Waals surface area contributed by atoms with Gasteiger partial charge in [-0.05, 0) is 13.2 Å². The summed E-state index contributed by atoms with van der Waals surface area (Å²) in [6.07, 6.45) is 2.26. The zero-order valence-electron chi connectivity index (χ0n) is 12.5. The lowest BCUT2D eigenvalue weighted by atomic mass is 10.1. The summed E-state index contributed by atoms with van der Waals surface area (Å²) < 4.78 is 0. The van der Waals surface area contributed by atoms with E-state index in [1.165, 1.54) is 25.0 Å². The molecule has 0 saturated carbocycles. The third-order valence-corrected chi connectivity index (χ3v) is 3.54. The Hall–Kier alpha value is -2.24. The van der Waals surface area contributed by atoms with Crippen LogP contribution >= 0.6 is 11.8 Å². The van der Waals surface area contributed by atoms with Gasteiger partial charge < -0.3 is 21.1 Å². The van der Waals surface area contributed by atoms with Gasteiger partial charge in [0.1, 0.15) is 5.52 Å². The minimum Gasteiger partial charge on any atom is -0.391 e. The number of ketones is 1. The van der Waals surface area contributed by atoms with Gasteiger partial charge >= 0.3 is 6.03 Å². The van der Waals surface area contributed by atoms with Gasteiger partial charge in [0, 0.05) is 0 Å². The van der Waals surface area contributed by atoms with E-state index in [-0.39, 0.29) is 12.4 Å². The Morgan fingerprint density at radius 1 is 1.48 bits per heavy atom. The SMILES string of the molecule is CSc1nc(NC(=O)NCC(=O)C(N)C(C)O)c2[nH]cnc2n1. The summed E-state index contributed by atoms with van der Waals surface area (Å²) in [7, 11) is 0. The zero-order chi connectivity index (χ0) is 17.0. The number of carbonyl (C=O) groups is 2. The molecule has 2 rings (SSSR count). The fourth-order valence-electron chi connectivity index (χ4n) is 1.70. The number of nitrogens with one attached hydrogen (secondary N) is 3. The molecule has 2 aromatic heterocycles. The molecule has 0 radical (unpaired) electrons. The molecule has 0 spiro atoms. The maximum Gasteiger partial charge on any atom is 0.320 e. The van der Waals surface area contributed by atoms with Gasteiger partial charge in [-0.1, -0.05) is 11.8 Å². The average molecular weight is 339 g/mol. The lowest BCUT2D eigenvalue weighted by Crippen LogP contribution is -2.46. The number of anilines is 1. The van der Waals surface area contributed by atoms with Crippen molar-refractivity contribution in [2.24, 2.45) is 5.73 Å². The fraction of sp³-hybridized carbons (Fsp3) is 0.417. The van der Waals surface area contributed by atoms with Crippen molar-refractivity contribution in [3.05, 3.63) is 6.33 Å². The van der Waals surface area contributed by atoms with Crippen molar-refractivity contribution in [1.82, 2.24) is 25.3 Å². The number of aliphatic hydroxyl groups excluding tert-OH is 1. The van der Waals surface area contributed by atoms with Gasteiger partial charge in [-0.2, -0.15) is 0 Å². The topological polar surface area (TPSA) is 159 Å². The molecule has 0 aromatic carbocycles. The highest BCUT2D eigenvalue weighted by Crippen LogP contribution is 2.20. The number of amides is 2. The lowest BCUT2D eigenvalue weighted by Gasteiger charge is -2.14. The molecule has 11 heteroatoms. The normalized spacial score (nSPS) is 13.6. The molecule has 10 nitrogen and oxygen atoms in total. The van der Waals surface area contributed by atoms with E-state index >= 15 is 0 Å². The molecule has 0 fully saturated rings. The second-order valence-corrected chi connectivity index (χ2v) is 5.47. The Morgan fingerprint density at radius 2 is 2.22 bits per heavy atom. The van der Waals surface area contributed by atoms with E-state index in [1.54, 1.807) is 6.26 Å². The van der Waals surface area contributed by atoms with Crippen molar-refractivity contribution < 1.29 is 14.7 Å². The molecule has 0 aliphatic rings. The van der Waals surface area contributed by atoms with Crippen LogP contribution in [-0.4, -0.2) is 61.8 Å². The van der Waals surface area contributed by atoms with Gasteiger partial charge in [0.25, 0.3) is 0 Å². The predicted molar refractivity (Wildman–Crippen MR) is 85.1 cm³/mol. The minimum absolute atomic E-state index is 0.252. The molecule has 2 atom stereocenters. The molecule has 124 valence electrons. The summed E-state index contributed by atoms with van der Waals surface area (Å²) in [6, 6.07) is -1.67. The van der Waals surface area contributed by atoms with E-state index in [4.69, 9.17) is 5.73 Å². The molecule has 2 unspecified atom stereocenters. The molecular formula is C12H17N7O3S. The van der Waals surface area contributed by atoms with Crippen LogP contribution in [0, 0.1) is 0 Å². The number of hydrogen-bond acceptors (Lipinski definition) is 8. The second kappa shape index (κ2) is 7.35. The van der Waals surface area contributed by atoms with E-state index in [1.807, 2.05) is 0 Å². The standard InChI is InChI=1S/C12H17N7O3S/c1-5(20)7(13)6(21)3-14-11(22)17-10-8-9(16-4-15-8)18-12(19-10)23-2/h4-5,7,20H,3,13H2,1-2H3,(H3,14,15,16,17,18,19,22). The van der Waals surface area contributed by atoms with Crippen LogP contribution in [-0.2, 0) is 4.79 Å². The number of carbonyl (C=O) groups excluding carboxylic acids is 2. The van der Waals surface area contributed by atoms with Crippen molar-refractivity contribution in [2.45, 2.75) is 24.2 Å². The number of urea groups is 1. The van der Waals surface area contributed by atoms with Crippen molar-refractivity contribution in [3.8, 4) is 0 Å².